The molecule has 2 rings (SSSR count). The minimum absolute atomic E-state index is 0.0682. The minimum atomic E-state index is -0.382. The van der Waals surface area contributed by atoms with Gasteiger partial charge in [-0.15, -0.1) is 0 Å². The fourth-order valence-electron chi connectivity index (χ4n) is 1.63. The molecule has 1 unspecified atom stereocenters. The molecule has 1 N–H and O–H groups in total. The normalized spacial score (nSPS) is 21.2. The summed E-state index contributed by atoms with van der Waals surface area (Å²) >= 11 is 0. The van der Waals surface area contributed by atoms with Gasteiger partial charge in [0.2, 0.25) is 0 Å². The average Bonchev–Trinajstić information content (AvgIpc) is 2.30. The molecule has 1 atom stereocenters. The molecule has 1 heterocycles. The minimum Gasteiger partial charge on any atom is -0.378 e. The summed E-state index contributed by atoms with van der Waals surface area (Å²) < 4.78 is 5.30. The van der Waals surface area contributed by atoms with Crippen molar-refractivity contribution in [1.82, 2.24) is 5.32 Å². The molecule has 0 saturated carbocycles. The number of hydrogen-bond donors (Lipinski definition) is 1. The molecular formula is C10H12N2O3. The molecular weight excluding hydrogens is 196 g/mol. The summed E-state index contributed by atoms with van der Waals surface area (Å²) in [5, 5.41) is 13.8. The Kier molecular flexibility index (Phi) is 2.94. The van der Waals surface area contributed by atoms with E-state index in [1.165, 1.54) is 6.07 Å². The second-order valence-corrected chi connectivity index (χ2v) is 3.43. The van der Waals surface area contributed by atoms with E-state index in [1.807, 2.05) is 6.07 Å². The molecule has 5 heteroatoms. The number of nitrogens with one attached hydrogen (secondary N) is 1. The van der Waals surface area contributed by atoms with Gasteiger partial charge in [-0.1, -0.05) is 12.1 Å². The van der Waals surface area contributed by atoms with Crippen LogP contribution in [0.4, 0.5) is 5.69 Å². The highest BCUT2D eigenvalue weighted by Crippen LogP contribution is 2.20. The van der Waals surface area contributed by atoms with Crippen LogP contribution in [0.5, 0.6) is 0 Å². The van der Waals surface area contributed by atoms with Gasteiger partial charge in [-0.3, -0.25) is 10.1 Å². The standard InChI is InChI=1S/C10H12N2O3/c13-12(14)9-3-1-2-8(6-9)10-7-15-5-4-11-10/h1-3,6,10-11H,4-5,7H2. The molecule has 1 saturated heterocycles. The van der Waals surface area contributed by atoms with Crippen LogP contribution in [-0.4, -0.2) is 24.7 Å². The Labute approximate surface area is 87.2 Å². The summed E-state index contributed by atoms with van der Waals surface area (Å²) in [6.45, 7) is 2.06. The zero-order chi connectivity index (χ0) is 10.7. The third-order valence-electron chi connectivity index (χ3n) is 2.41. The molecule has 1 aromatic rings. The van der Waals surface area contributed by atoms with Crippen LogP contribution in [0.15, 0.2) is 24.3 Å². The van der Waals surface area contributed by atoms with Crippen molar-refractivity contribution in [2.45, 2.75) is 6.04 Å². The largest absolute Gasteiger partial charge is 0.378 e. The summed E-state index contributed by atoms with van der Waals surface area (Å²) in [6.07, 6.45) is 0. The van der Waals surface area contributed by atoms with E-state index in [2.05, 4.69) is 5.32 Å². The lowest BCUT2D eigenvalue weighted by Crippen LogP contribution is -2.34. The SMILES string of the molecule is O=[N+]([O-])c1cccc(C2COCCN2)c1. The fraction of sp³-hybridized carbons (Fsp3) is 0.400. The first-order valence-electron chi connectivity index (χ1n) is 4.83. The number of morpholine rings is 1. The summed E-state index contributed by atoms with van der Waals surface area (Å²) in [7, 11) is 0. The third kappa shape index (κ3) is 2.31. The molecule has 5 nitrogen and oxygen atoms in total. The van der Waals surface area contributed by atoms with E-state index in [0.29, 0.717) is 13.2 Å². The van der Waals surface area contributed by atoms with Crippen molar-refractivity contribution in [2.75, 3.05) is 19.8 Å². The highest BCUT2D eigenvalue weighted by atomic mass is 16.6. The maximum absolute atomic E-state index is 10.6. The molecule has 0 aromatic heterocycles. The lowest BCUT2D eigenvalue weighted by atomic mass is 10.1. The first-order chi connectivity index (χ1) is 7.27. The summed E-state index contributed by atoms with van der Waals surface area (Å²) in [4.78, 5) is 10.2. The summed E-state index contributed by atoms with van der Waals surface area (Å²) in [6, 6.07) is 6.72. The number of nitro groups is 1. The van der Waals surface area contributed by atoms with Gasteiger partial charge in [0.25, 0.3) is 5.69 Å². The van der Waals surface area contributed by atoms with Crippen LogP contribution in [0.25, 0.3) is 0 Å². The van der Waals surface area contributed by atoms with Crippen LogP contribution in [0.1, 0.15) is 11.6 Å². The van der Waals surface area contributed by atoms with Crippen molar-refractivity contribution in [3.8, 4) is 0 Å². The van der Waals surface area contributed by atoms with Crippen LogP contribution in [0.3, 0.4) is 0 Å². The molecule has 80 valence electrons. The van der Waals surface area contributed by atoms with Crippen LogP contribution >= 0.6 is 0 Å². The van der Waals surface area contributed by atoms with Gasteiger partial charge in [-0.2, -0.15) is 0 Å². The topological polar surface area (TPSA) is 64.4 Å². The molecule has 15 heavy (non-hydrogen) atoms. The number of nitro benzene ring substituents is 1. The number of hydrogen-bond acceptors (Lipinski definition) is 4. The first-order valence-corrected chi connectivity index (χ1v) is 4.83. The Morgan fingerprint density at radius 2 is 2.40 bits per heavy atom. The van der Waals surface area contributed by atoms with Gasteiger partial charge in [0, 0.05) is 18.7 Å². The van der Waals surface area contributed by atoms with Crippen LogP contribution < -0.4 is 5.32 Å². The monoisotopic (exact) mass is 208 g/mol. The van der Waals surface area contributed by atoms with Crippen LogP contribution in [-0.2, 0) is 4.74 Å². The molecule has 1 aliphatic heterocycles. The predicted octanol–water partition coefficient (Wildman–Crippen LogP) is 1.26. The Balaban J connectivity index is 2.19. The molecule has 1 fully saturated rings. The molecule has 0 amide bonds. The Bertz CT molecular complexity index is 361. The third-order valence-corrected chi connectivity index (χ3v) is 2.41. The zero-order valence-corrected chi connectivity index (χ0v) is 8.18. The van der Waals surface area contributed by atoms with Gasteiger partial charge in [-0.25, -0.2) is 0 Å². The quantitative estimate of drug-likeness (QED) is 0.587. The molecule has 0 aliphatic carbocycles. The zero-order valence-electron chi connectivity index (χ0n) is 8.18. The lowest BCUT2D eigenvalue weighted by molar-refractivity contribution is -0.384. The molecule has 0 radical (unpaired) electrons. The second-order valence-electron chi connectivity index (χ2n) is 3.43. The van der Waals surface area contributed by atoms with E-state index in [9.17, 15) is 10.1 Å². The number of rotatable bonds is 2. The van der Waals surface area contributed by atoms with E-state index in [1.54, 1.807) is 12.1 Å². The maximum atomic E-state index is 10.6. The van der Waals surface area contributed by atoms with Gasteiger partial charge in [0.1, 0.15) is 0 Å². The van der Waals surface area contributed by atoms with Crippen molar-refractivity contribution >= 4 is 5.69 Å². The Morgan fingerprint density at radius 3 is 3.07 bits per heavy atom. The summed E-state index contributed by atoms with van der Waals surface area (Å²) in [5.74, 6) is 0. The highest BCUT2D eigenvalue weighted by molar-refractivity contribution is 5.35. The van der Waals surface area contributed by atoms with Crippen LogP contribution in [0, 0.1) is 10.1 Å². The van der Waals surface area contributed by atoms with Crippen molar-refractivity contribution in [1.29, 1.82) is 0 Å². The van der Waals surface area contributed by atoms with Crippen molar-refractivity contribution in [3.05, 3.63) is 39.9 Å². The molecule has 1 aliphatic rings. The van der Waals surface area contributed by atoms with E-state index < -0.39 is 0 Å². The van der Waals surface area contributed by atoms with Gasteiger partial charge < -0.3 is 10.1 Å². The van der Waals surface area contributed by atoms with E-state index >= 15 is 0 Å². The average molecular weight is 208 g/mol. The lowest BCUT2D eigenvalue weighted by Gasteiger charge is -2.23. The Morgan fingerprint density at radius 1 is 1.53 bits per heavy atom. The molecule has 0 bridgehead atoms. The van der Waals surface area contributed by atoms with Crippen molar-refractivity contribution in [2.24, 2.45) is 0 Å². The second kappa shape index (κ2) is 4.37. The highest BCUT2D eigenvalue weighted by Gasteiger charge is 2.17. The number of benzene rings is 1. The van der Waals surface area contributed by atoms with Crippen molar-refractivity contribution in [3.63, 3.8) is 0 Å². The Hall–Kier alpha value is -1.46. The van der Waals surface area contributed by atoms with Gasteiger partial charge in [0.05, 0.1) is 24.2 Å². The maximum Gasteiger partial charge on any atom is 0.269 e. The predicted molar refractivity (Wildman–Crippen MR) is 54.7 cm³/mol. The smallest absolute Gasteiger partial charge is 0.269 e. The number of ether oxygens (including phenoxy) is 1. The van der Waals surface area contributed by atoms with Crippen molar-refractivity contribution < 1.29 is 9.66 Å². The van der Waals surface area contributed by atoms with E-state index in [-0.39, 0.29) is 16.7 Å². The number of nitrogens with zero attached hydrogens (tertiary/aromatic N) is 1. The van der Waals surface area contributed by atoms with Gasteiger partial charge in [0.15, 0.2) is 0 Å². The van der Waals surface area contributed by atoms with E-state index in [4.69, 9.17) is 4.74 Å². The fourth-order valence-corrected chi connectivity index (χ4v) is 1.63. The molecule has 0 spiro atoms. The summed E-state index contributed by atoms with van der Waals surface area (Å²) in [5.41, 5.74) is 1.03. The number of non-ortho nitro benzene ring substituents is 1. The first kappa shape index (κ1) is 10.1. The van der Waals surface area contributed by atoms with Gasteiger partial charge >= 0.3 is 0 Å². The van der Waals surface area contributed by atoms with Gasteiger partial charge in [-0.05, 0) is 5.56 Å². The van der Waals surface area contributed by atoms with Crippen LogP contribution in [0.2, 0.25) is 0 Å². The molecule has 1 aromatic carbocycles. The van der Waals surface area contributed by atoms with E-state index in [0.717, 1.165) is 12.1 Å².